The van der Waals surface area contributed by atoms with E-state index >= 15 is 0 Å². The molecule has 0 aromatic heterocycles. The third kappa shape index (κ3) is 5.86. The molecule has 0 aromatic rings. The van der Waals surface area contributed by atoms with Crippen molar-refractivity contribution in [1.29, 1.82) is 0 Å². The van der Waals surface area contributed by atoms with Crippen LogP contribution in [-0.2, 0) is 23.8 Å². The first kappa shape index (κ1) is 34.3. The predicted molar refractivity (Wildman–Crippen MR) is 167 cm³/mol. The van der Waals surface area contributed by atoms with Crippen molar-refractivity contribution < 1.29 is 44.2 Å². The van der Waals surface area contributed by atoms with Gasteiger partial charge in [-0.3, -0.25) is 4.79 Å². The van der Waals surface area contributed by atoms with Crippen LogP contribution in [-0.4, -0.2) is 69.4 Å². The van der Waals surface area contributed by atoms with E-state index in [0.29, 0.717) is 36.8 Å². The van der Waals surface area contributed by atoms with Gasteiger partial charge in [-0.1, -0.05) is 45.4 Å². The molecule has 1 heterocycles. The topological polar surface area (TPSA) is 143 Å². The van der Waals surface area contributed by atoms with Crippen LogP contribution in [0.15, 0.2) is 34.9 Å². The number of carbonyl (C=O) groups excluding carboxylic acids is 1. The summed E-state index contributed by atoms with van der Waals surface area (Å²) in [4.78, 5) is 25.1. The maximum absolute atomic E-state index is 12.8. The Bertz CT molecular complexity index is 1250. The number of carbonyl (C=O) groups is 2. The summed E-state index contributed by atoms with van der Waals surface area (Å²) >= 11 is 0. The second-order valence-corrected chi connectivity index (χ2v) is 15.5. The van der Waals surface area contributed by atoms with Crippen LogP contribution < -0.4 is 0 Å². The van der Waals surface area contributed by atoms with Crippen molar-refractivity contribution >= 4 is 11.9 Å². The standard InChI is InChI=1S/C36H54O9/c1-19(2)9-8-10-22(32(40)41)30-24-17-26(39)31-34(5)15-14-27(44-29-12-11-25(38)33(42)45-29)20(3)23(34)13-16-35(31,6)36(24,7)18-28(30)43-21(4)37/h9,11-12,20,23-29,31,33,38-39,42H,8,10,13-18H2,1-7H3,(H,40,41)/b30-22-/t20-,23?,24-,25-,26?,27+,28-,29-,31?,33-,34-,35-,36-/m0/s1. The Kier molecular flexibility index (Phi) is 9.55. The molecule has 0 radical (unpaired) electrons. The van der Waals surface area contributed by atoms with Gasteiger partial charge in [0.25, 0.3) is 0 Å². The fourth-order valence-electron chi connectivity index (χ4n) is 10.8. The van der Waals surface area contributed by atoms with Crippen LogP contribution in [0.4, 0.5) is 0 Å². The number of hydrogen-bond donors (Lipinski definition) is 4. The van der Waals surface area contributed by atoms with Gasteiger partial charge in [0.15, 0.2) is 12.6 Å². The lowest BCUT2D eigenvalue weighted by Gasteiger charge is -2.69. The first-order valence-corrected chi connectivity index (χ1v) is 16.8. The Morgan fingerprint density at radius 2 is 1.76 bits per heavy atom. The molecule has 1 aliphatic heterocycles. The van der Waals surface area contributed by atoms with E-state index in [4.69, 9.17) is 14.2 Å². The normalized spacial score (nSPS) is 46.8. The molecule has 0 bridgehead atoms. The summed E-state index contributed by atoms with van der Waals surface area (Å²) in [6.45, 7) is 14.5. The van der Waals surface area contributed by atoms with Gasteiger partial charge in [0.05, 0.1) is 12.2 Å². The lowest BCUT2D eigenvalue weighted by molar-refractivity contribution is -0.276. The Morgan fingerprint density at radius 1 is 1.04 bits per heavy atom. The molecule has 252 valence electrons. The van der Waals surface area contributed by atoms with Crippen molar-refractivity contribution in [3.63, 3.8) is 0 Å². The van der Waals surface area contributed by atoms with E-state index < -0.39 is 42.8 Å². The quantitative estimate of drug-likeness (QED) is 0.168. The minimum atomic E-state index is -1.32. The molecule has 0 saturated heterocycles. The Balaban J connectivity index is 1.47. The molecule has 9 heteroatoms. The number of carboxylic acids is 1. The maximum Gasteiger partial charge on any atom is 0.331 e. The highest BCUT2D eigenvalue weighted by molar-refractivity contribution is 5.88. The molecule has 9 nitrogen and oxygen atoms in total. The van der Waals surface area contributed by atoms with Crippen LogP contribution in [0.2, 0.25) is 0 Å². The highest BCUT2D eigenvalue weighted by Crippen LogP contribution is 2.74. The number of carboxylic acid groups (broad SMARTS) is 1. The number of allylic oxidation sites excluding steroid dienone is 2. The molecule has 4 fully saturated rings. The van der Waals surface area contributed by atoms with E-state index in [1.807, 2.05) is 19.9 Å². The third-order valence-corrected chi connectivity index (χ3v) is 12.9. The molecular weight excluding hydrogens is 576 g/mol. The second-order valence-electron chi connectivity index (χ2n) is 15.5. The van der Waals surface area contributed by atoms with Gasteiger partial charge >= 0.3 is 11.9 Å². The van der Waals surface area contributed by atoms with E-state index in [1.54, 1.807) is 6.08 Å². The van der Waals surface area contributed by atoms with Gasteiger partial charge < -0.3 is 34.6 Å². The molecule has 4 aliphatic carbocycles. The molecule has 5 rings (SSSR count). The van der Waals surface area contributed by atoms with Gasteiger partial charge in [-0.2, -0.15) is 0 Å². The van der Waals surface area contributed by atoms with Crippen LogP contribution in [0.3, 0.4) is 0 Å². The Labute approximate surface area is 267 Å². The van der Waals surface area contributed by atoms with E-state index in [2.05, 4.69) is 27.7 Å². The van der Waals surface area contributed by atoms with Gasteiger partial charge in [0, 0.05) is 12.5 Å². The van der Waals surface area contributed by atoms with Crippen molar-refractivity contribution in [3.8, 4) is 0 Å². The van der Waals surface area contributed by atoms with Crippen LogP contribution in [0.5, 0.6) is 0 Å². The van der Waals surface area contributed by atoms with E-state index in [-0.39, 0.29) is 46.0 Å². The molecule has 3 unspecified atom stereocenters. The van der Waals surface area contributed by atoms with Crippen LogP contribution in [0.25, 0.3) is 0 Å². The first-order chi connectivity index (χ1) is 21.0. The number of aliphatic hydroxyl groups excluding tert-OH is 3. The summed E-state index contributed by atoms with van der Waals surface area (Å²) in [6.07, 6.45) is 6.09. The maximum atomic E-state index is 12.8. The molecule has 4 N–H and O–H groups in total. The molecule has 0 spiro atoms. The molecule has 5 aliphatic rings. The van der Waals surface area contributed by atoms with Crippen molar-refractivity contribution in [2.24, 2.45) is 39.9 Å². The number of fused-ring (bicyclic) bond motifs is 5. The van der Waals surface area contributed by atoms with Crippen molar-refractivity contribution in [1.82, 2.24) is 0 Å². The highest BCUT2D eigenvalue weighted by Gasteiger charge is 2.71. The summed E-state index contributed by atoms with van der Waals surface area (Å²) in [5, 5.41) is 42.4. The van der Waals surface area contributed by atoms with Crippen molar-refractivity contribution in [2.45, 2.75) is 137 Å². The van der Waals surface area contributed by atoms with Gasteiger partial charge in [-0.25, -0.2) is 4.79 Å². The number of rotatable bonds is 7. The van der Waals surface area contributed by atoms with Crippen LogP contribution in [0, 0.1) is 39.9 Å². The van der Waals surface area contributed by atoms with E-state index in [9.17, 15) is 30.0 Å². The molecule has 45 heavy (non-hydrogen) atoms. The summed E-state index contributed by atoms with van der Waals surface area (Å²) in [7, 11) is 0. The SMILES string of the molecule is CC(=O)O[C@H]1C[C@@]2(C)[C@@H](CC(O)C3[C@@]4(C)CC[C@@H](O[C@@H]5C=C[C@H](O)[C@@H](O)O5)[C@@H](C)C4CC[C@@]32C)/C1=C(\CCC=C(C)C)C(=O)O. The monoisotopic (exact) mass is 630 g/mol. The zero-order valence-electron chi connectivity index (χ0n) is 28.0. The van der Waals surface area contributed by atoms with Crippen LogP contribution in [0.1, 0.15) is 99.8 Å². The smallest absolute Gasteiger partial charge is 0.331 e. The van der Waals surface area contributed by atoms with Gasteiger partial charge in [-0.15, -0.1) is 0 Å². The summed E-state index contributed by atoms with van der Waals surface area (Å²) in [6, 6.07) is 0. The zero-order valence-corrected chi connectivity index (χ0v) is 28.0. The molecular formula is C36H54O9. The number of esters is 1. The fourth-order valence-corrected chi connectivity index (χ4v) is 10.8. The average molecular weight is 631 g/mol. The molecule has 4 saturated carbocycles. The van der Waals surface area contributed by atoms with Crippen molar-refractivity contribution in [2.75, 3.05) is 0 Å². The summed E-state index contributed by atoms with van der Waals surface area (Å²) in [5.41, 5.74) is 1.29. The van der Waals surface area contributed by atoms with E-state index in [1.165, 1.54) is 13.0 Å². The number of ether oxygens (including phenoxy) is 3. The van der Waals surface area contributed by atoms with Crippen molar-refractivity contribution in [3.05, 3.63) is 34.9 Å². The highest BCUT2D eigenvalue weighted by atomic mass is 16.7. The second kappa shape index (κ2) is 12.5. The Hall–Kier alpha value is -2.04. The lowest BCUT2D eigenvalue weighted by atomic mass is 9.36. The molecule has 0 amide bonds. The van der Waals surface area contributed by atoms with E-state index in [0.717, 1.165) is 31.3 Å². The number of hydrogen-bond acceptors (Lipinski definition) is 8. The summed E-state index contributed by atoms with van der Waals surface area (Å²) in [5.74, 6) is -1.16. The first-order valence-electron chi connectivity index (χ1n) is 16.8. The average Bonchev–Trinajstić information content (AvgIpc) is 3.21. The third-order valence-electron chi connectivity index (χ3n) is 12.9. The molecule has 13 atom stereocenters. The largest absolute Gasteiger partial charge is 0.478 e. The van der Waals surface area contributed by atoms with Gasteiger partial charge in [-0.05, 0) is 117 Å². The van der Waals surface area contributed by atoms with Gasteiger partial charge in [0.1, 0.15) is 12.2 Å². The summed E-state index contributed by atoms with van der Waals surface area (Å²) < 4.78 is 17.7. The fraction of sp³-hybridized carbons (Fsp3) is 0.778. The number of aliphatic carboxylic acids is 1. The molecule has 0 aromatic carbocycles. The lowest BCUT2D eigenvalue weighted by Crippen LogP contribution is -2.65. The zero-order chi connectivity index (χ0) is 33.1. The van der Waals surface area contributed by atoms with Gasteiger partial charge in [0.2, 0.25) is 0 Å². The predicted octanol–water partition coefficient (Wildman–Crippen LogP) is 5.28. The Morgan fingerprint density at radius 3 is 2.38 bits per heavy atom. The minimum absolute atomic E-state index is 0.0209. The van der Waals surface area contributed by atoms with Crippen LogP contribution >= 0.6 is 0 Å². The minimum Gasteiger partial charge on any atom is -0.478 e. The number of aliphatic hydroxyl groups is 3.